The minimum atomic E-state index is -4.30. The third kappa shape index (κ3) is 6.00. The molecule has 1 atom stereocenters. The lowest BCUT2D eigenvalue weighted by molar-refractivity contribution is -0.870. The second-order valence-electron chi connectivity index (χ2n) is 4.77. The van der Waals surface area contributed by atoms with Crippen LogP contribution in [0.25, 0.3) is 0 Å². The molecular formula is C12H15F3N2O4S. The van der Waals surface area contributed by atoms with Gasteiger partial charge in [0.1, 0.15) is 0 Å². The van der Waals surface area contributed by atoms with E-state index in [1.807, 2.05) is 0 Å². The maximum Gasteiger partial charge on any atom is 0.279 e. The summed E-state index contributed by atoms with van der Waals surface area (Å²) in [4.78, 5) is 12.2. The van der Waals surface area contributed by atoms with Gasteiger partial charge in [-0.25, -0.2) is 21.6 Å². The van der Waals surface area contributed by atoms with Gasteiger partial charge in [-0.2, -0.15) is 0 Å². The van der Waals surface area contributed by atoms with Crippen LogP contribution in [0.4, 0.5) is 18.9 Å². The summed E-state index contributed by atoms with van der Waals surface area (Å²) in [7, 11) is -2.73. The molecule has 1 aromatic rings. The van der Waals surface area contributed by atoms with Crippen LogP contribution in [0.1, 0.15) is 6.42 Å². The number of hydrogen-bond acceptors (Lipinski definition) is 4. The fraction of sp³-hybridized carbons (Fsp3) is 0.417. The summed E-state index contributed by atoms with van der Waals surface area (Å²) in [5, 5.41) is 2.09. The number of anilines is 1. The monoisotopic (exact) mass is 340 g/mol. The highest BCUT2D eigenvalue weighted by Crippen LogP contribution is 2.19. The van der Waals surface area contributed by atoms with Crippen molar-refractivity contribution < 1.29 is 35.8 Å². The Hall–Kier alpha value is -1.65. The number of carbonyl (C=O) groups is 1. The van der Waals surface area contributed by atoms with Crippen LogP contribution in [0, 0.1) is 17.5 Å². The smallest absolute Gasteiger partial charge is 0.279 e. The normalized spacial score (nSPS) is 13.0. The van der Waals surface area contributed by atoms with Crippen molar-refractivity contribution in [2.24, 2.45) is 0 Å². The van der Waals surface area contributed by atoms with E-state index < -0.39 is 44.9 Å². The van der Waals surface area contributed by atoms with E-state index in [1.165, 1.54) is 0 Å². The standard InChI is InChI=1S/C12H15F3N2O4S/c1-17(5-2-6-22(19,20)21)7-10(18)16-9-4-3-8(13)11(14)12(9)15/h3-4H,2,5-7H2,1H3,(H,16,18)(H,19,20,21). The molecule has 0 radical (unpaired) electrons. The van der Waals surface area contributed by atoms with Crippen molar-refractivity contribution in [2.45, 2.75) is 6.42 Å². The molecule has 1 rings (SSSR count). The zero-order chi connectivity index (χ0) is 16.9. The number of hydrogen-bond donors (Lipinski definition) is 2. The first-order valence-electron chi connectivity index (χ1n) is 6.28. The van der Waals surface area contributed by atoms with Crippen LogP contribution >= 0.6 is 0 Å². The van der Waals surface area contributed by atoms with Gasteiger partial charge in [-0.15, -0.1) is 0 Å². The van der Waals surface area contributed by atoms with Gasteiger partial charge in [0.2, 0.25) is 0 Å². The van der Waals surface area contributed by atoms with Crippen LogP contribution in [-0.4, -0.2) is 44.8 Å². The summed E-state index contributed by atoms with van der Waals surface area (Å²) in [5.74, 6) is -5.74. The zero-order valence-corrected chi connectivity index (χ0v) is 12.5. The van der Waals surface area contributed by atoms with Crippen LogP contribution in [0.3, 0.4) is 0 Å². The first-order chi connectivity index (χ1) is 10.1. The summed E-state index contributed by atoms with van der Waals surface area (Å²) in [6.45, 7) is 0.0759. The fourth-order valence-corrected chi connectivity index (χ4v) is 2.23. The second-order valence-corrected chi connectivity index (χ2v) is 6.29. The van der Waals surface area contributed by atoms with Crippen LogP contribution in [-0.2, 0) is 14.9 Å². The SMILES string of the molecule is C[NH+](CCCS(=O)(=O)[O-])CC(=O)Nc1ccc(F)c(F)c1F. The Balaban J connectivity index is 2.51. The largest absolute Gasteiger partial charge is 0.748 e. The van der Waals surface area contributed by atoms with Crippen molar-refractivity contribution in [2.75, 3.05) is 31.2 Å². The summed E-state index contributed by atoms with van der Waals surface area (Å²) in [6.07, 6.45) is 0.0739. The van der Waals surface area contributed by atoms with E-state index in [0.29, 0.717) is 11.0 Å². The molecule has 1 unspecified atom stereocenters. The highest BCUT2D eigenvalue weighted by Gasteiger charge is 2.17. The van der Waals surface area contributed by atoms with E-state index >= 15 is 0 Å². The van der Waals surface area contributed by atoms with E-state index in [4.69, 9.17) is 0 Å². The Morgan fingerprint density at radius 2 is 1.91 bits per heavy atom. The van der Waals surface area contributed by atoms with Crippen molar-refractivity contribution in [1.29, 1.82) is 0 Å². The molecule has 22 heavy (non-hydrogen) atoms. The Bertz CT molecular complexity index is 652. The summed E-state index contributed by atoms with van der Waals surface area (Å²) < 4.78 is 70.3. The fourth-order valence-electron chi connectivity index (χ4n) is 1.73. The number of likely N-dealkylation sites (N-methyl/N-ethyl adjacent to an activating group) is 1. The number of halogens is 3. The van der Waals surface area contributed by atoms with E-state index in [1.54, 1.807) is 7.05 Å². The van der Waals surface area contributed by atoms with Gasteiger partial charge >= 0.3 is 0 Å². The molecule has 0 aliphatic carbocycles. The van der Waals surface area contributed by atoms with Gasteiger partial charge in [-0.1, -0.05) is 0 Å². The maximum atomic E-state index is 13.4. The lowest BCUT2D eigenvalue weighted by Gasteiger charge is -2.14. The van der Waals surface area contributed by atoms with E-state index in [0.717, 1.165) is 6.07 Å². The highest BCUT2D eigenvalue weighted by atomic mass is 32.2. The lowest BCUT2D eigenvalue weighted by Crippen LogP contribution is -3.10. The summed E-state index contributed by atoms with van der Waals surface area (Å²) in [6, 6.07) is 1.58. The van der Waals surface area contributed by atoms with E-state index in [-0.39, 0.29) is 19.5 Å². The number of rotatable bonds is 7. The first-order valence-corrected chi connectivity index (χ1v) is 7.86. The minimum Gasteiger partial charge on any atom is -0.748 e. The molecule has 0 fully saturated rings. The molecule has 0 aliphatic rings. The topological polar surface area (TPSA) is 90.7 Å². The average Bonchev–Trinajstić information content (AvgIpc) is 2.38. The van der Waals surface area contributed by atoms with Gasteiger partial charge < -0.3 is 14.8 Å². The number of amides is 1. The van der Waals surface area contributed by atoms with Crippen molar-refractivity contribution >= 4 is 21.7 Å². The molecule has 0 heterocycles. The van der Waals surface area contributed by atoms with Crippen molar-refractivity contribution in [3.63, 3.8) is 0 Å². The molecule has 124 valence electrons. The Labute approximate surface area is 125 Å². The number of benzene rings is 1. The van der Waals surface area contributed by atoms with Gasteiger partial charge in [0.15, 0.2) is 24.0 Å². The summed E-state index contributed by atoms with van der Waals surface area (Å²) >= 11 is 0. The number of quaternary nitrogens is 1. The molecule has 6 nitrogen and oxygen atoms in total. The lowest BCUT2D eigenvalue weighted by atomic mass is 10.2. The molecule has 0 aromatic heterocycles. The molecule has 2 N–H and O–H groups in total. The van der Waals surface area contributed by atoms with Crippen molar-refractivity contribution in [1.82, 2.24) is 0 Å². The highest BCUT2D eigenvalue weighted by molar-refractivity contribution is 7.85. The average molecular weight is 340 g/mol. The molecule has 0 spiro atoms. The maximum absolute atomic E-state index is 13.4. The molecule has 1 aromatic carbocycles. The minimum absolute atomic E-state index is 0.0739. The number of carbonyl (C=O) groups excluding carboxylic acids is 1. The van der Waals surface area contributed by atoms with Gasteiger partial charge in [0.25, 0.3) is 5.91 Å². The van der Waals surface area contributed by atoms with Gasteiger partial charge in [0, 0.05) is 12.2 Å². The first kappa shape index (κ1) is 18.4. The Morgan fingerprint density at radius 3 is 2.50 bits per heavy atom. The zero-order valence-electron chi connectivity index (χ0n) is 11.7. The molecule has 0 saturated heterocycles. The van der Waals surface area contributed by atoms with Crippen LogP contribution in [0.2, 0.25) is 0 Å². The molecule has 0 bridgehead atoms. The van der Waals surface area contributed by atoms with E-state index in [9.17, 15) is 30.9 Å². The Morgan fingerprint density at radius 1 is 1.27 bits per heavy atom. The molecule has 10 heteroatoms. The molecule has 0 aliphatic heterocycles. The van der Waals surface area contributed by atoms with Crippen LogP contribution < -0.4 is 10.2 Å². The Kier molecular flexibility index (Phi) is 6.33. The summed E-state index contributed by atoms with van der Waals surface area (Å²) in [5.41, 5.74) is -0.487. The van der Waals surface area contributed by atoms with Gasteiger partial charge in [-0.05, 0) is 12.1 Å². The number of nitrogens with one attached hydrogen (secondary N) is 2. The van der Waals surface area contributed by atoms with E-state index in [2.05, 4.69) is 5.32 Å². The third-order valence-corrected chi connectivity index (χ3v) is 3.56. The predicted molar refractivity (Wildman–Crippen MR) is 70.7 cm³/mol. The van der Waals surface area contributed by atoms with Crippen molar-refractivity contribution in [3.8, 4) is 0 Å². The molecule has 0 saturated carbocycles. The third-order valence-electron chi connectivity index (χ3n) is 2.77. The van der Waals surface area contributed by atoms with Gasteiger partial charge in [0.05, 0.1) is 29.4 Å². The van der Waals surface area contributed by atoms with Crippen LogP contribution in [0.5, 0.6) is 0 Å². The van der Waals surface area contributed by atoms with Crippen LogP contribution in [0.15, 0.2) is 12.1 Å². The van der Waals surface area contributed by atoms with Gasteiger partial charge in [-0.3, -0.25) is 4.79 Å². The second kappa shape index (κ2) is 7.56. The molecule has 1 amide bonds. The molecular weight excluding hydrogens is 325 g/mol. The quantitative estimate of drug-likeness (QED) is 0.517. The predicted octanol–water partition coefficient (Wildman–Crippen LogP) is -0.508. The van der Waals surface area contributed by atoms with Crippen molar-refractivity contribution in [3.05, 3.63) is 29.6 Å².